The second-order valence-electron chi connectivity index (χ2n) is 7.20. The Bertz CT molecular complexity index is 1230. The molecule has 0 saturated heterocycles. The minimum Gasteiger partial charge on any atom is -0.493 e. The van der Waals surface area contributed by atoms with Gasteiger partial charge in [0.05, 0.1) is 19.2 Å². The molecule has 0 atom stereocenters. The van der Waals surface area contributed by atoms with Crippen LogP contribution in [0.5, 0.6) is 23.0 Å². The van der Waals surface area contributed by atoms with E-state index in [-0.39, 0.29) is 12.5 Å². The summed E-state index contributed by atoms with van der Waals surface area (Å²) >= 11 is 0. The third-order valence-electron chi connectivity index (χ3n) is 4.92. The lowest BCUT2D eigenvalue weighted by Gasteiger charge is -2.14. The number of nitrogens with zero attached hydrogens (tertiary/aromatic N) is 1. The predicted octanol–water partition coefficient (Wildman–Crippen LogP) is 5.05. The summed E-state index contributed by atoms with van der Waals surface area (Å²) in [6.07, 6.45) is 2.19. The van der Waals surface area contributed by atoms with Gasteiger partial charge in [-0.1, -0.05) is 18.2 Å². The van der Waals surface area contributed by atoms with Gasteiger partial charge in [0.25, 0.3) is 5.91 Å². The summed E-state index contributed by atoms with van der Waals surface area (Å²) in [5.74, 6) is 2.16. The molecule has 0 aliphatic heterocycles. The summed E-state index contributed by atoms with van der Waals surface area (Å²) in [6, 6.07) is 21.6. The predicted molar refractivity (Wildman–Crippen MR) is 126 cm³/mol. The molecule has 7 heteroatoms. The number of aromatic nitrogens is 1. The van der Waals surface area contributed by atoms with Crippen molar-refractivity contribution in [3.05, 3.63) is 84.6 Å². The highest BCUT2D eigenvalue weighted by atomic mass is 16.5. The van der Waals surface area contributed by atoms with E-state index in [1.807, 2.05) is 24.3 Å². The van der Waals surface area contributed by atoms with E-state index in [1.54, 1.807) is 61.8 Å². The van der Waals surface area contributed by atoms with Crippen LogP contribution in [-0.2, 0) is 0 Å². The highest BCUT2D eigenvalue weighted by Crippen LogP contribution is 2.37. The number of hydrogen-bond acceptors (Lipinski definition) is 6. The van der Waals surface area contributed by atoms with Crippen molar-refractivity contribution < 1.29 is 24.1 Å². The van der Waals surface area contributed by atoms with Crippen LogP contribution in [0.15, 0.2) is 79.0 Å². The first-order chi connectivity index (χ1) is 16.2. The Hall–Kier alpha value is -4.10. The number of aliphatic hydroxyl groups excluding tert-OH is 1. The quantitative estimate of drug-likeness (QED) is 0.351. The van der Waals surface area contributed by atoms with Crippen molar-refractivity contribution in [3.63, 3.8) is 0 Å². The van der Waals surface area contributed by atoms with Gasteiger partial charge in [0.1, 0.15) is 11.5 Å². The van der Waals surface area contributed by atoms with E-state index in [9.17, 15) is 4.79 Å². The standard InChI is InChI=1S/C26H24N2O5/c1-31-24-16-21-22(17-25(24)32-15-5-14-29)27-13-12-23(21)33-20-10-8-19(9-11-20)28-26(30)18-6-3-2-4-7-18/h2-4,6-13,16-17,29H,5,14-15H2,1H3,(H,28,30). The number of fused-ring (bicyclic) bond motifs is 1. The van der Waals surface area contributed by atoms with E-state index >= 15 is 0 Å². The van der Waals surface area contributed by atoms with Crippen molar-refractivity contribution in [1.82, 2.24) is 4.98 Å². The molecular formula is C26H24N2O5. The molecule has 0 bridgehead atoms. The number of methoxy groups -OCH3 is 1. The second-order valence-corrected chi connectivity index (χ2v) is 7.20. The molecule has 33 heavy (non-hydrogen) atoms. The van der Waals surface area contributed by atoms with Crippen molar-refractivity contribution in [3.8, 4) is 23.0 Å². The summed E-state index contributed by atoms with van der Waals surface area (Å²) in [6.45, 7) is 0.433. The molecule has 0 saturated carbocycles. The summed E-state index contributed by atoms with van der Waals surface area (Å²) in [7, 11) is 1.57. The van der Waals surface area contributed by atoms with Crippen LogP contribution < -0.4 is 19.5 Å². The Morgan fingerprint density at radius 3 is 2.48 bits per heavy atom. The molecule has 0 aliphatic carbocycles. The highest BCUT2D eigenvalue weighted by Gasteiger charge is 2.12. The molecule has 1 amide bonds. The van der Waals surface area contributed by atoms with Gasteiger partial charge in [-0.25, -0.2) is 0 Å². The normalized spacial score (nSPS) is 10.6. The molecule has 4 rings (SSSR count). The van der Waals surface area contributed by atoms with Gasteiger partial charge in [-0.05, 0) is 48.5 Å². The van der Waals surface area contributed by atoms with Crippen LogP contribution in [0.2, 0.25) is 0 Å². The van der Waals surface area contributed by atoms with E-state index in [0.717, 1.165) is 5.39 Å². The fourth-order valence-corrected chi connectivity index (χ4v) is 3.26. The molecule has 1 aromatic heterocycles. The first-order valence-electron chi connectivity index (χ1n) is 10.5. The SMILES string of the molecule is COc1cc2c(Oc3ccc(NC(=O)c4ccccc4)cc3)ccnc2cc1OCCCO. The van der Waals surface area contributed by atoms with Gasteiger partial charge in [-0.3, -0.25) is 9.78 Å². The first kappa shape index (κ1) is 22.1. The number of carbonyl (C=O) groups excluding carboxylic acids is 1. The van der Waals surface area contributed by atoms with Crippen molar-refractivity contribution >= 4 is 22.5 Å². The minimum atomic E-state index is -0.173. The smallest absolute Gasteiger partial charge is 0.255 e. The fourth-order valence-electron chi connectivity index (χ4n) is 3.26. The van der Waals surface area contributed by atoms with E-state index in [0.29, 0.717) is 52.8 Å². The number of carbonyl (C=O) groups is 1. The van der Waals surface area contributed by atoms with E-state index < -0.39 is 0 Å². The molecule has 3 aromatic carbocycles. The van der Waals surface area contributed by atoms with Crippen LogP contribution in [-0.4, -0.2) is 36.3 Å². The Kier molecular flexibility index (Phi) is 7.02. The molecule has 7 nitrogen and oxygen atoms in total. The fraction of sp³-hybridized carbons (Fsp3) is 0.154. The van der Waals surface area contributed by atoms with Crippen LogP contribution in [0.4, 0.5) is 5.69 Å². The van der Waals surface area contributed by atoms with Crippen LogP contribution >= 0.6 is 0 Å². The molecule has 4 aromatic rings. The zero-order valence-corrected chi connectivity index (χ0v) is 18.2. The number of rotatable bonds is 9. The number of benzene rings is 3. The summed E-state index contributed by atoms with van der Waals surface area (Å²) < 4.78 is 17.3. The van der Waals surface area contributed by atoms with Gasteiger partial charge in [-0.2, -0.15) is 0 Å². The average Bonchev–Trinajstić information content (AvgIpc) is 2.85. The van der Waals surface area contributed by atoms with Crippen LogP contribution in [0.3, 0.4) is 0 Å². The molecule has 0 aliphatic rings. The maximum atomic E-state index is 12.3. The van der Waals surface area contributed by atoms with Crippen molar-refractivity contribution in [2.45, 2.75) is 6.42 Å². The lowest BCUT2D eigenvalue weighted by molar-refractivity contribution is 0.102. The Morgan fingerprint density at radius 1 is 0.970 bits per heavy atom. The minimum absolute atomic E-state index is 0.0564. The third kappa shape index (κ3) is 5.39. The molecule has 0 spiro atoms. The summed E-state index contributed by atoms with van der Waals surface area (Å²) in [5, 5.41) is 12.6. The average molecular weight is 444 g/mol. The number of nitrogens with one attached hydrogen (secondary N) is 1. The van der Waals surface area contributed by atoms with Gasteiger partial charge >= 0.3 is 0 Å². The largest absolute Gasteiger partial charge is 0.493 e. The van der Waals surface area contributed by atoms with Crippen LogP contribution in [0.25, 0.3) is 10.9 Å². The Morgan fingerprint density at radius 2 is 1.76 bits per heavy atom. The summed E-state index contributed by atoms with van der Waals surface area (Å²) in [5.41, 5.74) is 1.95. The lowest BCUT2D eigenvalue weighted by atomic mass is 10.1. The first-order valence-corrected chi connectivity index (χ1v) is 10.5. The Labute approximate surface area is 191 Å². The number of ether oxygens (including phenoxy) is 3. The van der Waals surface area contributed by atoms with E-state index in [4.69, 9.17) is 19.3 Å². The van der Waals surface area contributed by atoms with Crippen LogP contribution in [0.1, 0.15) is 16.8 Å². The molecule has 0 radical (unpaired) electrons. The van der Waals surface area contributed by atoms with Gasteiger partial charge in [0, 0.05) is 41.9 Å². The van der Waals surface area contributed by atoms with Crippen molar-refractivity contribution in [2.75, 3.05) is 25.6 Å². The number of anilines is 1. The zero-order chi connectivity index (χ0) is 23.0. The van der Waals surface area contributed by atoms with Gasteiger partial charge in [-0.15, -0.1) is 0 Å². The molecule has 2 N–H and O–H groups in total. The topological polar surface area (TPSA) is 89.9 Å². The Balaban J connectivity index is 1.51. The molecule has 0 fully saturated rings. The molecule has 168 valence electrons. The maximum absolute atomic E-state index is 12.3. The van der Waals surface area contributed by atoms with Crippen LogP contribution in [0, 0.1) is 0 Å². The van der Waals surface area contributed by atoms with Gasteiger partial charge < -0.3 is 24.6 Å². The lowest BCUT2D eigenvalue weighted by Crippen LogP contribution is -2.11. The third-order valence-corrected chi connectivity index (χ3v) is 4.92. The van der Waals surface area contributed by atoms with Gasteiger partial charge in [0.2, 0.25) is 0 Å². The van der Waals surface area contributed by atoms with Crippen molar-refractivity contribution in [1.29, 1.82) is 0 Å². The number of pyridine rings is 1. The van der Waals surface area contributed by atoms with Gasteiger partial charge in [0.15, 0.2) is 11.5 Å². The van der Waals surface area contributed by atoms with E-state index in [2.05, 4.69) is 10.3 Å². The number of aliphatic hydroxyl groups is 1. The summed E-state index contributed by atoms with van der Waals surface area (Å²) in [4.78, 5) is 16.7. The monoisotopic (exact) mass is 444 g/mol. The zero-order valence-electron chi connectivity index (χ0n) is 18.2. The number of hydrogen-bond donors (Lipinski definition) is 2. The van der Waals surface area contributed by atoms with E-state index in [1.165, 1.54) is 0 Å². The second kappa shape index (κ2) is 10.5. The van der Waals surface area contributed by atoms with Crippen molar-refractivity contribution in [2.24, 2.45) is 0 Å². The molecular weight excluding hydrogens is 420 g/mol. The maximum Gasteiger partial charge on any atom is 0.255 e. The number of amides is 1. The highest BCUT2D eigenvalue weighted by molar-refractivity contribution is 6.04. The molecule has 1 heterocycles. The molecule has 0 unspecified atom stereocenters.